The minimum Gasteiger partial charge on any atom is -0.318 e. The number of carbonyl (C=O) groups is 1. The first-order valence-electron chi connectivity index (χ1n) is 4.64. The maximum atomic E-state index is 12.4. The summed E-state index contributed by atoms with van der Waals surface area (Å²) in [7, 11) is 0. The van der Waals surface area contributed by atoms with E-state index in [1.807, 2.05) is 0 Å². The average Bonchev–Trinajstić information content (AvgIpc) is 2.24. The van der Waals surface area contributed by atoms with E-state index in [0.717, 1.165) is 12.1 Å². The Morgan fingerprint density at radius 1 is 1.38 bits per heavy atom. The number of halogens is 3. The van der Waals surface area contributed by atoms with Gasteiger partial charge in [0.05, 0.1) is 12.1 Å². The molecule has 1 aromatic carbocycles. The lowest BCUT2D eigenvalue weighted by Crippen LogP contribution is -2.61. The minimum absolute atomic E-state index is 0.238. The molecule has 0 saturated carbocycles. The van der Waals surface area contributed by atoms with Crippen LogP contribution in [0.15, 0.2) is 24.3 Å². The molecule has 1 saturated heterocycles. The standard InChI is InChI=1S/C10H9F3N2O/c11-10(12,13)6-2-1-3-7(4-6)15-5-8(14)9(15)16/h1-4,8H,5,14H2. The first kappa shape index (κ1) is 10.9. The summed E-state index contributed by atoms with van der Waals surface area (Å²) in [4.78, 5) is 12.5. The Bertz CT molecular complexity index is 430. The second kappa shape index (κ2) is 3.48. The van der Waals surface area contributed by atoms with Crippen LogP contribution in [-0.2, 0) is 11.0 Å². The first-order chi connectivity index (χ1) is 7.39. The van der Waals surface area contributed by atoms with Gasteiger partial charge in [0.15, 0.2) is 0 Å². The third-order valence-electron chi connectivity index (χ3n) is 2.45. The molecule has 86 valence electrons. The van der Waals surface area contributed by atoms with Gasteiger partial charge in [0, 0.05) is 5.69 Å². The maximum absolute atomic E-state index is 12.4. The van der Waals surface area contributed by atoms with Gasteiger partial charge < -0.3 is 10.6 Å². The second-order valence-electron chi connectivity index (χ2n) is 3.60. The highest BCUT2D eigenvalue weighted by Crippen LogP contribution is 2.32. The topological polar surface area (TPSA) is 46.3 Å². The Morgan fingerprint density at radius 2 is 2.06 bits per heavy atom. The summed E-state index contributed by atoms with van der Waals surface area (Å²) in [6.45, 7) is 0.264. The van der Waals surface area contributed by atoms with Crippen molar-refractivity contribution in [1.29, 1.82) is 0 Å². The molecule has 1 amide bonds. The summed E-state index contributed by atoms with van der Waals surface area (Å²) < 4.78 is 37.2. The molecule has 3 nitrogen and oxygen atoms in total. The summed E-state index contributed by atoms with van der Waals surface area (Å²) in [6, 6.07) is 4.06. The Hall–Kier alpha value is -1.56. The van der Waals surface area contributed by atoms with Crippen LogP contribution in [0.1, 0.15) is 5.56 Å². The van der Waals surface area contributed by atoms with Gasteiger partial charge in [0.1, 0.15) is 6.04 Å². The Balaban J connectivity index is 2.27. The van der Waals surface area contributed by atoms with Crippen LogP contribution in [0.25, 0.3) is 0 Å². The quantitative estimate of drug-likeness (QED) is 0.741. The summed E-state index contributed by atoms with van der Waals surface area (Å²) >= 11 is 0. The van der Waals surface area contributed by atoms with Crippen LogP contribution in [-0.4, -0.2) is 18.5 Å². The van der Waals surface area contributed by atoms with E-state index in [4.69, 9.17) is 5.73 Å². The van der Waals surface area contributed by atoms with Gasteiger partial charge in [0.2, 0.25) is 5.91 Å². The van der Waals surface area contributed by atoms with E-state index < -0.39 is 17.8 Å². The second-order valence-corrected chi connectivity index (χ2v) is 3.60. The van der Waals surface area contributed by atoms with Crippen LogP contribution in [0.5, 0.6) is 0 Å². The van der Waals surface area contributed by atoms with E-state index in [1.54, 1.807) is 0 Å². The van der Waals surface area contributed by atoms with Gasteiger partial charge in [-0.3, -0.25) is 4.79 Å². The van der Waals surface area contributed by atoms with Crippen molar-refractivity contribution in [2.75, 3.05) is 11.4 Å². The lowest BCUT2D eigenvalue weighted by atomic mass is 10.1. The van der Waals surface area contributed by atoms with Crippen molar-refractivity contribution in [3.8, 4) is 0 Å². The minimum atomic E-state index is -4.40. The normalized spacial score (nSPS) is 20.9. The zero-order chi connectivity index (χ0) is 11.9. The molecule has 0 aromatic heterocycles. The van der Waals surface area contributed by atoms with Crippen LogP contribution in [0.2, 0.25) is 0 Å². The fourth-order valence-electron chi connectivity index (χ4n) is 1.54. The van der Waals surface area contributed by atoms with Gasteiger partial charge in [-0.05, 0) is 18.2 Å². The fourth-order valence-corrected chi connectivity index (χ4v) is 1.54. The number of β-lactam (4-membered cyclic amide) rings is 1. The largest absolute Gasteiger partial charge is 0.416 e. The van der Waals surface area contributed by atoms with Crippen molar-refractivity contribution < 1.29 is 18.0 Å². The molecule has 0 bridgehead atoms. The summed E-state index contributed by atoms with van der Waals surface area (Å²) in [5.74, 6) is -0.348. The first-order valence-corrected chi connectivity index (χ1v) is 4.64. The Kier molecular flexibility index (Phi) is 2.38. The average molecular weight is 230 g/mol. The molecular formula is C10H9F3N2O. The molecule has 1 unspecified atom stereocenters. The molecule has 0 spiro atoms. The van der Waals surface area contributed by atoms with Gasteiger partial charge in [-0.2, -0.15) is 13.2 Å². The van der Waals surface area contributed by atoms with Gasteiger partial charge in [-0.15, -0.1) is 0 Å². The molecular weight excluding hydrogens is 221 g/mol. The summed E-state index contributed by atoms with van der Waals surface area (Å²) in [5, 5.41) is 0. The van der Waals surface area contributed by atoms with Gasteiger partial charge in [-0.25, -0.2) is 0 Å². The van der Waals surface area contributed by atoms with E-state index in [2.05, 4.69) is 0 Å². The van der Waals surface area contributed by atoms with E-state index in [9.17, 15) is 18.0 Å². The SMILES string of the molecule is NC1CN(c2cccc(C(F)(F)F)c2)C1=O. The van der Waals surface area contributed by atoms with Crippen molar-refractivity contribution in [2.45, 2.75) is 12.2 Å². The molecule has 1 aromatic rings. The summed E-state index contributed by atoms with van der Waals surface area (Å²) in [5.41, 5.74) is 4.83. The van der Waals surface area contributed by atoms with Crippen LogP contribution in [0.3, 0.4) is 0 Å². The van der Waals surface area contributed by atoms with Crippen molar-refractivity contribution in [1.82, 2.24) is 0 Å². The Labute approximate surface area is 89.6 Å². The number of hydrogen-bond donors (Lipinski definition) is 1. The third kappa shape index (κ3) is 1.76. The number of nitrogens with zero attached hydrogens (tertiary/aromatic N) is 1. The van der Waals surface area contributed by atoms with E-state index in [-0.39, 0.29) is 18.1 Å². The van der Waals surface area contributed by atoms with Crippen LogP contribution in [0, 0.1) is 0 Å². The number of benzene rings is 1. The van der Waals surface area contributed by atoms with Crippen LogP contribution >= 0.6 is 0 Å². The molecule has 0 radical (unpaired) electrons. The third-order valence-corrected chi connectivity index (χ3v) is 2.45. The van der Waals surface area contributed by atoms with Crippen LogP contribution < -0.4 is 10.6 Å². The van der Waals surface area contributed by atoms with Crippen molar-refractivity contribution in [3.05, 3.63) is 29.8 Å². The zero-order valence-electron chi connectivity index (χ0n) is 8.16. The molecule has 2 N–H and O–H groups in total. The maximum Gasteiger partial charge on any atom is 0.416 e. The van der Waals surface area contributed by atoms with Gasteiger partial charge in [-0.1, -0.05) is 6.07 Å². The zero-order valence-corrected chi connectivity index (χ0v) is 8.16. The number of rotatable bonds is 1. The monoisotopic (exact) mass is 230 g/mol. The predicted molar refractivity (Wildman–Crippen MR) is 51.8 cm³/mol. The molecule has 0 aliphatic carbocycles. The molecule has 2 rings (SSSR count). The number of anilines is 1. The highest BCUT2D eigenvalue weighted by Gasteiger charge is 2.36. The number of amides is 1. The molecule has 1 aliphatic heterocycles. The van der Waals surface area contributed by atoms with E-state index in [0.29, 0.717) is 0 Å². The molecule has 1 atom stereocenters. The lowest BCUT2D eigenvalue weighted by Gasteiger charge is -2.36. The fraction of sp³-hybridized carbons (Fsp3) is 0.300. The summed E-state index contributed by atoms with van der Waals surface area (Å²) in [6.07, 6.45) is -4.40. The highest BCUT2D eigenvalue weighted by atomic mass is 19.4. The predicted octanol–water partition coefficient (Wildman–Crippen LogP) is 1.38. The van der Waals surface area contributed by atoms with Gasteiger partial charge >= 0.3 is 6.18 Å². The van der Waals surface area contributed by atoms with Crippen molar-refractivity contribution in [2.24, 2.45) is 5.73 Å². The van der Waals surface area contributed by atoms with Crippen molar-refractivity contribution in [3.63, 3.8) is 0 Å². The smallest absolute Gasteiger partial charge is 0.318 e. The van der Waals surface area contributed by atoms with Crippen molar-refractivity contribution >= 4 is 11.6 Å². The molecule has 1 heterocycles. The van der Waals surface area contributed by atoms with Crippen LogP contribution in [0.4, 0.5) is 18.9 Å². The number of alkyl halides is 3. The number of carbonyl (C=O) groups excluding carboxylic acids is 1. The molecule has 1 aliphatic rings. The molecule has 1 fully saturated rings. The molecule has 6 heteroatoms. The lowest BCUT2D eigenvalue weighted by molar-refractivity contribution is -0.137. The van der Waals surface area contributed by atoms with Gasteiger partial charge in [0.25, 0.3) is 0 Å². The number of nitrogens with two attached hydrogens (primary N) is 1. The molecule has 16 heavy (non-hydrogen) atoms. The Morgan fingerprint density at radius 3 is 2.56 bits per heavy atom. The number of hydrogen-bond acceptors (Lipinski definition) is 2. The van der Waals surface area contributed by atoms with E-state index >= 15 is 0 Å². The van der Waals surface area contributed by atoms with E-state index in [1.165, 1.54) is 17.0 Å². The highest BCUT2D eigenvalue weighted by molar-refractivity contribution is 6.03.